The number of ether oxygens (including phenoxy) is 1. The molecule has 120 valence electrons. The quantitative estimate of drug-likeness (QED) is 0.848. The van der Waals surface area contributed by atoms with Gasteiger partial charge in [0.2, 0.25) is 0 Å². The highest BCUT2D eigenvalue weighted by atomic mass is 16.5. The second-order valence-corrected chi connectivity index (χ2v) is 5.53. The summed E-state index contributed by atoms with van der Waals surface area (Å²) in [6, 6.07) is 8.75. The Morgan fingerprint density at radius 3 is 2.91 bits per heavy atom. The molecule has 2 aromatic rings. The molecule has 1 aromatic heterocycles. The summed E-state index contributed by atoms with van der Waals surface area (Å²) in [6.07, 6.45) is 0. The van der Waals surface area contributed by atoms with Gasteiger partial charge in [0, 0.05) is 12.6 Å². The number of carbonyl (C=O) groups excluding carboxylic acids is 2. The fourth-order valence-corrected chi connectivity index (χ4v) is 2.44. The molecule has 0 fully saturated rings. The van der Waals surface area contributed by atoms with Crippen LogP contribution in [0.2, 0.25) is 0 Å². The minimum atomic E-state index is -1.65. The summed E-state index contributed by atoms with van der Waals surface area (Å²) in [5.74, 6) is -0.0523. The molecule has 1 atom stereocenters. The predicted octanol–water partition coefficient (Wildman–Crippen LogP) is 1.94. The minimum Gasteiger partial charge on any atom is -0.466 e. The number of carbonyl (C=O) groups is 2. The van der Waals surface area contributed by atoms with Gasteiger partial charge in [0.15, 0.2) is 0 Å². The van der Waals surface area contributed by atoms with Crippen LogP contribution >= 0.6 is 0 Å². The Labute approximate surface area is 133 Å². The van der Waals surface area contributed by atoms with E-state index in [4.69, 9.17) is 4.74 Å². The van der Waals surface area contributed by atoms with Gasteiger partial charge in [-0.1, -0.05) is 12.1 Å². The van der Waals surface area contributed by atoms with Gasteiger partial charge in [0.1, 0.15) is 11.6 Å². The second kappa shape index (κ2) is 5.42. The lowest BCUT2D eigenvalue weighted by Gasteiger charge is -2.33. The van der Waals surface area contributed by atoms with Gasteiger partial charge in [-0.05, 0) is 32.9 Å². The number of hydrogen-bond acceptors (Lipinski definition) is 4. The van der Waals surface area contributed by atoms with E-state index in [-0.39, 0.29) is 0 Å². The molecule has 1 aromatic carbocycles. The van der Waals surface area contributed by atoms with E-state index in [9.17, 15) is 9.59 Å². The number of amides is 2. The van der Waals surface area contributed by atoms with E-state index in [0.29, 0.717) is 23.8 Å². The van der Waals surface area contributed by atoms with Crippen molar-refractivity contribution in [2.24, 2.45) is 0 Å². The highest BCUT2D eigenvalue weighted by Gasteiger charge is 2.47. The Hall–Kier alpha value is -2.83. The number of benzene rings is 1. The summed E-state index contributed by atoms with van der Waals surface area (Å²) in [5.41, 5.74) is -0.311. The Morgan fingerprint density at radius 1 is 1.43 bits per heavy atom. The molecule has 0 bridgehead atoms. The Bertz CT molecular complexity index is 783. The Balaban J connectivity index is 1.88. The maximum absolute atomic E-state index is 12.6. The fourth-order valence-electron chi connectivity index (χ4n) is 2.44. The van der Waals surface area contributed by atoms with Crippen molar-refractivity contribution in [1.82, 2.24) is 9.78 Å². The third kappa shape index (κ3) is 2.54. The summed E-state index contributed by atoms with van der Waals surface area (Å²) in [6.45, 7) is 5.82. The molecular formula is C16H18N4O3. The molecule has 2 heterocycles. The Kier molecular flexibility index (Phi) is 3.55. The molecule has 0 saturated heterocycles. The van der Waals surface area contributed by atoms with E-state index < -0.39 is 17.4 Å². The SMILES string of the molecule is CCn1nc(C)cc1NC(=O)C1(C)Oc2ccccc2NC1=O. The van der Waals surface area contributed by atoms with Gasteiger partial charge in [-0.3, -0.25) is 9.59 Å². The molecule has 2 amide bonds. The van der Waals surface area contributed by atoms with Gasteiger partial charge in [-0.25, -0.2) is 4.68 Å². The molecule has 0 radical (unpaired) electrons. The number of nitrogens with zero attached hydrogens (tertiary/aromatic N) is 2. The molecule has 0 spiro atoms. The van der Waals surface area contributed by atoms with E-state index in [1.807, 2.05) is 13.8 Å². The first-order chi connectivity index (χ1) is 10.9. The normalized spacial score (nSPS) is 19.5. The predicted molar refractivity (Wildman–Crippen MR) is 85.4 cm³/mol. The van der Waals surface area contributed by atoms with Crippen molar-refractivity contribution < 1.29 is 14.3 Å². The van der Waals surface area contributed by atoms with E-state index >= 15 is 0 Å². The number of fused-ring (bicyclic) bond motifs is 1. The number of rotatable bonds is 3. The second-order valence-electron chi connectivity index (χ2n) is 5.53. The van der Waals surface area contributed by atoms with Crippen LogP contribution < -0.4 is 15.4 Å². The molecule has 0 aliphatic carbocycles. The molecule has 23 heavy (non-hydrogen) atoms. The van der Waals surface area contributed by atoms with Crippen molar-refractivity contribution in [3.63, 3.8) is 0 Å². The highest BCUT2D eigenvalue weighted by Crippen LogP contribution is 2.33. The van der Waals surface area contributed by atoms with Gasteiger partial charge in [0.25, 0.3) is 17.4 Å². The lowest BCUT2D eigenvalue weighted by atomic mass is 10.0. The van der Waals surface area contributed by atoms with E-state index in [1.54, 1.807) is 35.0 Å². The first-order valence-corrected chi connectivity index (χ1v) is 7.39. The summed E-state index contributed by atoms with van der Waals surface area (Å²) < 4.78 is 7.35. The number of aryl methyl sites for hydroxylation is 2. The van der Waals surface area contributed by atoms with E-state index in [1.165, 1.54) is 6.92 Å². The topological polar surface area (TPSA) is 85.2 Å². The molecule has 0 saturated carbocycles. The van der Waals surface area contributed by atoms with Crippen LogP contribution in [0.3, 0.4) is 0 Å². The van der Waals surface area contributed by atoms with Gasteiger partial charge in [-0.2, -0.15) is 5.10 Å². The molecule has 7 nitrogen and oxygen atoms in total. The minimum absolute atomic E-state index is 0.463. The number of hydrogen-bond donors (Lipinski definition) is 2. The highest BCUT2D eigenvalue weighted by molar-refractivity contribution is 6.18. The van der Waals surface area contributed by atoms with Crippen LogP contribution in [0.25, 0.3) is 0 Å². The smallest absolute Gasteiger partial charge is 0.279 e. The summed E-state index contributed by atoms with van der Waals surface area (Å²) in [7, 11) is 0. The molecule has 2 N–H and O–H groups in total. The first-order valence-electron chi connectivity index (χ1n) is 7.39. The zero-order chi connectivity index (χ0) is 16.6. The van der Waals surface area contributed by atoms with Crippen LogP contribution in [0.15, 0.2) is 30.3 Å². The molecule has 7 heteroatoms. The Morgan fingerprint density at radius 2 is 2.17 bits per heavy atom. The zero-order valence-electron chi connectivity index (χ0n) is 13.2. The van der Waals surface area contributed by atoms with Crippen molar-refractivity contribution in [2.75, 3.05) is 10.6 Å². The average molecular weight is 314 g/mol. The van der Waals surface area contributed by atoms with Crippen molar-refractivity contribution in [2.45, 2.75) is 32.9 Å². The lowest BCUT2D eigenvalue weighted by molar-refractivity contribution is -0.143. The van der Waals surface area contributed by atoms with Crippen molar-refractivity contribution in [1.29, 1.82) is 0 Å². The number of para-hydroxylation sites is 2. The standard InChI is InChI=1S/C16H18N4O3/c1-4-20-13(9-10(2)19-20)18-15(22)16(3)14(21)17-11-7-5-6-8-12(11)23-16/h5-9H,4H2,1-3H3,(H,17,21)(H,18,22). The monoisotopic (exact) mass is 314 g/mol. The van der Waals surface area contributed by atoms with Gasteiger partial charge in [-0.15, -0.1) is 0 Å². The van der Waals surface area contributed by atoms with Gasteiger partial charge < -0.3 is 15.4 Å². The zero-order valence-corrected chi connectivity index (χ0v) is 13.2. The van der Waals surface area contributed by atoms with Gasteiger partial charge in [0.05, 0.1) is 11.4 Å². The maximum atomic E-state index is 12.6. The van der Waals surface area contributed by atoms with Crippen LogP contribution in [-0.2, 0) is 16.1 Å². The molecule has 1 unspecified atom stereocenters. The van der Waals surface area contributed by atoms with Crippen molar-refractivity contribution in [3.05, 3.63) is 36.0 Å². The van der Waals surface area contributed by atoms with Crippen LogP contribution in [0.4, 0.5) is 11.5 Å². The number of aromatic nitrogens is 2. The third-order valence-corrected chi connectivity index (χ3v) is 3.76. The van der Waals surface area contributed by atoms with Crippen LogP contribution in [0.5, 0.6) is 5.75 Å². The van der Waals surface area contributed by atoms with Crippen LogP contribution in [0.1, 0.15) is 19.5 Å². The lowest BCUT2D eigenvalue weighted by Crippen LogP contribution is -2.56. The van der Waals surface area contributed by atoms with Crippen molar-refractivity contribution >= 4 is 23.3 Å². The molecule has 1 aliphatic rings. The summed E-state index contributed by atoms with van der Waals surface area (Å²) >= 11 is 0. The molecule has 1 aliphatic heterocycles. The summed E-state index contributed by atoms with van der Waals surface area (Å²) in [4.78, 5) is 25.0. The summed E-state index contributed by atoms with van der Waals surface area (Å²) in [5, 5.41) is 9.70. The molecular weight excluding hydrogens is 296 g/mol. The van der Waals surface area contributed by atoms with E-state index in [2.05, 4.69) is 15.7 Å². The van der Waals surface area contributed by atoms with Crippen LogP contribution in [0, 0.1) is 6.92 Å². The first kappa shape index (κ1) is 15.1. The van der Waals surface area contributed by atoms with E-state index in [0.717, 1.165) is 5.69 Å². The van der Waals surface area contributed by atoms with Crippen molar-refractivity contribution in [3.8, 4) is 5.75 Å². The third-order valence-electron chi connectivity index (χ3n) is 3.76. The maximum Gasteiger partial charge on any atom is 0.279 e. The van der Waals surface area contributed by atoms with Crippen LogP contribution in [-0.4, -0.2) is 27.2 Å². The largest absolute Gasteiger partial charge is 0.466 e. The fraction of sp³-hybridized carbons (Fsp3) is 0.312. The molecule has 3 rings (SSSR count). The average Bonchev–Trinajstić information content (AvgIpc) is 2.88. The van der Waals surface area contributed by atoms with Gasteiger partial charge >= 0.3 is 0 Å². The number of anilines is 2. The number of nitrogens with one attached hydrogen (secondary N) is 2.